The van der Waals surface area contributed by atoms with Gasteiger partial charge < -0.3 is 5.32 Å². The van der Waals surface area contributed by atoms with Crippen molar-refractivity contribution >= 4 is 44.7 Å². The molecule has 4 rings (SSSR count). The first kappa shape index (κ1) is 14.7. The minimum absolute atomic E-state index is 0.170. The number of rotatable bonds is 3. The van der Waals surface area contributed by atoms with Crippen LogP contribution in [0.25, 0.3) is 10.1 Å². The summed E-state index contributed by atoms with van der Waals surface area (Å²) in [5.74, 6) is 0.575. The molecule has 0 radical (unpaired) electrons. The molecule has 118 valence electrons. The van der Waals surface area contributed by atoms with Crippen LogP contribution in [-0.4, -0.2) is 15.7 Å². The van der Waals surface area contributed by atoms with Gasteiger partial charge in [0.15, 0.2) is 0 Å². The Balaban J connectivity index is 1.62. The van der Waals surface area contributed by atoms with Crippen LogP contribution < -0.4 is 5.32 Å². The van der Waals surface area contributed by atoms with E-state index in [9.17, 15) is 4.79 Å². The maximum Gasteiger partial charge on any atom is 0.268 e. The average Bonchev–Trinajstić information content (AvgIpc) is 3.27. The Morgan fingerprint density at radius 2 is 2.04 bits per heavy atom. The lowest BCUT2D eigenvalue weighted by Gasteiger charge is -2.14. The maximum atomic E-state index is 12.6. The number of halogens is 1. The van der Waals surface area contributed by atoms with Gasteiger partial charge in [-0.2, -0.15) is 5.10 Å². The van der Waals surface area contributed by atoms with Crippen molar-refractivity contribution in [3.8, 4) is 0 Å². The van der Waals surface area contributed by atoms with Gasteiger partial charge in [0.05, 0.1) is 17.3 Å². The summed E-state index contributed by atoms with van der Waals surface area (Å²) in [7, 11) is 0. The van der Waals surface area contributed by atoms with Crippen molar-refractivity contribution in [1.82, 2.24) is 9.78 Å². The number of anilines is 1. The number of fused-ring (bicyclic) bond motifs is 1. The summed E-state index contributed by atoms with van der Waals surface area (Å²) in [4.78, 5) is 13.2. The van der Waals surface area contributed by atoms with Crippen LogP contribution in [0.15, 0.2) is 36.5 Å². The summed E-state index contributed by atoms with van der Waals surface area (Å²) >= 11 is 7.80. The predicted octanol–water partition coefficient (Wildman–Crippen LogP) is 5.12. The fourth-order valence-electron chi connectivity index (χ4n) is 3.19. The lowest BCUT2D eigenvalue weighted by atomic mass is 10.2. The van der Waals surface area contributed by atoms with Gasteiger partial charge in [0.1, 0.15) is 10.7 Å². The van der Waals surface area contributed by atoms with E-state index >= 15 is 0 Å². The minimum atomic E-state index is -0.170. The molecule has 0 saturated heterocycles. The average molecular weight is 346 g/mol. The van der Waals surface area contributed by atoms with E-state index in [1.54, 1.807) is 6.20 Å². The number of carbonyl (C=O) groups excluding carboxylic acids is 1. The fraction of sp³-hybridized carbons (Fsp3) is 0.294. The highest BCUT2D eigenvalue weighted by atomic mass is 35.5. The van der Waals surface area contributed by atoms with Gasteiger partial charge in [-0.15, -0.1) is 11.3 Å². The van der Waals surface area contributed by atoms with Gasteiger partial charge in [-0.25, -0.2) is 4.68 Å². The van der Waals surface area contributed by atoms with E-state index < -0.39 is 0 Å². The van der Waals surface area contributed by atoms with Gasteiger partial charge in [0.25, 0.3) is 5.91 Å². The Bertz CT molecular complexity index is 864. The van der Waals surface area contributed by atoms with Gasteiger partial charge in [0.2, 0.25) is 0 Å². The van der Waals surface area contributed by atoms with Crippen molar-refractivity contribution in [2.24, 2.45) is 0 Å². The smallest absolute Gasteiger partial charge is 0.268 e. The molecule has 4 nitrogen and oxygen atoms in total. The Morgan fingerprint density at radius 3 is 2.83 bits per heavy atom. The fourth-order valence-corrected chi connectivity index (χ4v) is 4.60. The van der Waals surface area contributed by atoms with Crippen LogP contribution >= 0.6 is 22.9 Å². The van der Waals surface area contributed by atoms with Crippen LogP contribution in [0.5, 0.6) is 0 Å². The van der Waals surface area contributed by atoms with Gasteiger partial charge in [0, 0.05) is 16.2 Å². The van der Waals surface area contributed by atoms with Gasteiger partial charge in [-0.05, 0) is 18.9 Å². The molecule has 3 aromatic rings. The van der Waals surface area contributed by atoms with Gasteiger partial charge >= 0.3 is 0 Å². The Hall–Kier alpha value is -1.85. The third kappa shape index (κ3) is 2.64. The molecule has 1 N–H and O–H groups in total. The number of nitrogens with zero attached hydrogens (tertiary/aromatic N) is 2. The molecule has 6 heteroatoms. The SMILES string of the molecule is O=C(Nc1ccnn1C1CCCC1)c1sc2ccccc2c1Cl. The number of amides is 1. The maximum absolute atomic E-state index is 12.6. The molecule has 0 aliphatic heterocycles. The number of benzene rings is 1. The lowest BCUT2D eigenvalue weighted by Crippen LogP contribution is -2.17. The number of hydrogen-bond donors (Lipinski definition) is 1. The molecule has 0 bridgehead atoms. The summed E-state index contributed by atoms with van der Waals surface area (Å²) in [6, 6.07) is 10.0. The molecule has 1 aromatic carbocycles. The Kier molecular flexibility index (Phi) is 3.83. The van der Waals surface area contributed by atoms with Crippen molar-refractivity contribution < 1.29 is 4.79 Å². The second-order valence-electron chi connectivity index (χ2n) is 5.79. The van der Waals surface area contributed by atoms with Crippen molar-refractivity contribution in [3.05, 3.63) is 46.4 Å². The number of thiophene rings is 1. The number of hydrogen-bond acceptors (Lipinski definition) is 3. The van der Waals surface area contributed by atoms with Crippen LogP contribution in [0.4, 0.5) is 5.82 Å². The monoisotopic (exact) mass is 345 g/mol. The van der Waals surface area contributed by atoms with Gasteiger partial charge in [-0.1, -0.05) is 42.6 Å². The van der Waals surface area contributed by atoms with Crippen molar-refractivity contribution in [3.63, 3.8) is 0 Å². The first-order valence-electron chi connectivity index (χ1n) is 7.76. The molecule has 2 aromatic heterocycles. The van der Waals surface area contributed by atoms with E-state index in [1.165, 1.54) is 24.2 Å². The molecule has 2 heterocycles. The van der Waals surface area contributed by atoms with Gasteiger partial charge in [-0.3, -0.25) is 4.79 Å². The van der Waals surface area contributed by atoms with Crippen LogP contribution in [-0.2, 0) is 0 Å². The highest BCUT2D eigenvalue weighted by Crippen LogP contribution is 2.36. The molecule has 0 atom stereocenters. The first-order chi connectivity index (χ1) is 11.2. The van der Waals surface area contributed by atoms with Crippen molar-refractivity contribution in [2.75, 3.05) is 5.32 Å². The normalized spacial score (nSPS) is 15.3. The zero-order valence-corrected chi connectivity index (χ0v) is 14.0. The predicted molar refractivity (Wildman–Crippen MR) is 94.5 cm³/mol. The number of nitrogens with one attached hydrogen (secondary N) is 1. The van der Waals surface area contributed by atoms with E-state index in [0.717, 1.165) is 28.7 Å². The number of carbonyl (C=O) groups is 1. The van der Waals surface area contributed by atoms with E-state index in [-0.39, 0.29) is 5.91 Å². The zero-order valence-electron chi connectivity index (χ0n) is 12.5. The van der Waals surface area contributed by atoms with Crippen LogP contribution in [0.1, 0.15) is 41.4 Å². The topological polar surface area (TPSA) is 46.9 Å². The third-order valence-corrected chi connectivity index (χ3v) is 6.00. The summed E-state index contributed by atoms with van der Waals surface area (Å²) in [5.41, 5.74) is 0. The van der Waals surface area contributed by atoms with Crippen LogP contribution in [0.3, 0.4) is 0 Å². The van der Waals surface area contributed by atoms with Crippen molar-refractivity contribution in [1.29, 1.82) is 0 Å². The highest BCUT2D eigenvalue weighted by molar-refractivity contribution is 7.21. The highest BCUT2D eigenvalue weighted by Gasteiger charge is 2.22. The van der Waals surface area contributed by atoms with Crippen LogP contribution in [0.2, 0.25) is 5.02 Å². The molecule has 23 heavy (non-hydrogen) atoms. The summed E-state index contributed by atoms with van der Waals surface area (Å²) in [5, 5.41) is 8.80. The molecule has 1 aliphatic carbocycles. The molecule has 1 aliphatic rings. The molecule has 1 amide bonds. The number of aromatic nitrogens is 2. The zero-order chi connectivity index (χ0) is 15.8. The van der Waals surface area contributed by atoms with E-state index in [1.807, 2.05) is 35.0 Å². The van der Waals surface area contributed by atoms with E-state index in [4.69, 9.17) is 11.6 Å². The molecular formula is C17H16ClN3OS. The van der Waals surface area contributed by atoms with Crippen LogP contribution in [0, 0.1) is 0 Å². The Morgan fingerprint density at radius 1 is 1.26 bits per heavy atom. The molecular weight excluding hydrogens is 330 g/mol. The minimum Gasteiger partial charge on any atom is -0.306 e. The molecule has 0 spiro atoms. The summed E-state index contributed by atoms with van der Waals surface area (Å²) in [6.07, 6.45) is 6.42. The quantitative estimate of drug-likeness (QED) is 0.716. The van der Waals surface area contributed by atoms with Crippen molar-refractivity contribution in [2.45, 2.75) is 31.7 Å². The summed E-state index contributed by atoms with van der Waals surface area (Å²) < 4.78 is 2.96. The molecule has 0 unspecified atom stereocenters. The summed E-state index contributed by atoms with van der Waals surface area (Å²) in [6.45, 7) is 0. The largest absolute Gasteiger partial charge is 0.306 e. The van der Waals surface area contributed by atoms with E-state index in [2.05, 4.69) is 10.4 Å². The second kappa shape index (κ2) is 5.98. The second-order valence-corrected chi connectivity index (χ2v) is 7.22. The standard InChI is InChI=1S/C17H16ClN3OS/c18-15-12-7-3-4-8-13(12)23-16(15)17(22)20-14-9-10-19-21(14)11-5-1-2-6-11/h3-4,7-11H,1-2,5-6H2,(H,20,22). The lowest BCUT2D eigenvalue weighted by molar-refractivity contribution is 0.102. The molecule has 1 saturated carbocycles. The first-order valence-corrected chi connectivity index (χ1v) is 8.95. The van der Waals surface area contributed by atoms with E-state index in [0.29, 0.717) is 15.9 Å². The molecule has 1 fully saturated rings. The third-order valence-electron chi connectivity index (χ3n) is 4.32. The Labute approximate surface area is 143 Å².